The lowest BCUT2D eigenvalue weighted by Gasteiger charge is -2.29. The van der Waals surface area contributed by atoms with Crippen LogP contribution in [0.1, 0.15) is 50.7 Å². The van der Waals surface area contributed by atoms with Gasteiger partial charge in [-0.25, -0.2) is 0 Å². The summed E-state index contributed by atoms with van der Waals surface area (Å²) in [5.74, 6) is 0.342. The molecule has 0 saturated heterocycles. The zero-order valence-corrected chi connectivity index (χ0v) is 20.6. The molecule has 1 aliphatic carbocycles. The number of nitrogens with one attached hydrogen (secondary N) is 1. The molecule has 1 N–H and O–H groups in total. The van der Waals surface area contributed by atoms with Crippen molar-refractivity contribution >= 4 is 27.7 Å². The van der Waals surface area contributed by atoms with Crippen molar-refractivity contribution in [2.24, 2.45) is 0 Å². The highest BCUT2D eigenvalue weighted by Crippen LogP contribution is 2.26. The van der Waals surface area contributed by atoms with Crippen molar-refractivity contribution in [3.63, 3.8) is 0 Å². The number of carbonyl (C=O) groups is 2. The van der Waals surface area contributed by atoms with Crippen LogP contribution in [0, 0.1) is 0 Å². The van der Waals surface area contributed by atoms with Gasteiger partial charge >= 0.3 is 0 Å². The van der Waals surface area contributed by atoms with Crippen molar-refractivity contribution in [2.45, 2.75) is 64.5 Å². The molecule has 0 heterocycles. The van der Waals surface area contributed by atoms with Crippen molar-refractivity contribution in [2.75, 3.05) is 13.2 Å². The Labute approximate surface area is 199 Å². The molecule has 0 bridgehead atoms. The number of amides is 2. The average Bonchev–Trinajstić information content (AvgIpc) is 3.31. The normalized spacial score (nSPS) is 14.7. The predicted octanol–water partition coefficient (Wildman–Crippen LogP) is 4.91. The molecule has 1 aliphatic rings. The maximum atomic E-state index is 13.2. The lowest BCUT2D eigenvalue weighted by Crippen LogP contribution is -2.51. The summed E-state index contributed by atoms with van der Waals surface area (Å²) in [6, 6.07) is 15.6. The first-order valence-electron chi connectivity index (χ1n) is 11.5. The second-order valence-electron chi connectivity index (χ2n) is 8.40. The fraction of sp³-hybridized carbons (Fsp3) is 0.462. The summed E-state index contributed by atoms with van der Waals surface area (Å²) in [4.78, 5) is 27.7. The summed E-state index contributed by atoms with van der Waals surface area (Å²) < 4.78 is 6.65. The van der Waals surface area contributed by atoms with E-state index in [4.69, 9.17) is 4.74 Å². The molecule has 1 atom stereocenters. The first-order chi connectivity index (χ1) is 15.5. The van der Waals surface area contributed by atoms with E-state index in [1.807, 2.05) is 48.5 Å². The van der Waals surface area contributed by atoms with E-state index < -0.39 is 6.04 Å². The molecule has 1 fully saturated rings. The second-order valence-corrected chi connectivity index (χ2v) is 9.25. The van der Waals surface area contributed by atoms with Crippen molar-refractivity contribution in [1.29, 1.82) is 0 Å². The first kappa shape index (κ1) is 24.3. The van der Waals surface area contributed by atoms with Crippen LogP contribution in [-0.2, 0) is 22.4 Å². The summed E-state index contributed by atoms with van der Waals surface area (Å²) in [5.41, 5.74) is 2.32. The molecule has 2 amide bonds. The SMILES string of the molecule is CCc1ccc(OCC(=O)N(CCc2ccccc2)[C@@H](C)C(=O)NC2CCCC2)c(Br)c1. The van der Waals surface area contributed by atoms with Crippen LogP contribution in [0.15, 0.2) is 53.0 Å². The Morgan fingerprint density at radius 2 is 1.84 bits per heavy atom. The number of halogens is 1. The van der Waals surface area contributed by atoms with E-state index in [1.54, 1.807) is 11.8 Å². The van der Waals surface area contributed by atoms with Gasteiger partial charge in [-0.3, -0.25) is 9.59 Å². The number of rotatable bonds is 10. The largest absolute Gasteiger partial charge is 0.483 e. The molecule has 0 aliphatic heterocycles. The van der Waals surface area contributed by atoms with Crippen LogP contribution in [0.3, 0.4) is 0 Å². The fourth-order valence-electron chi connectivity index (χ4n) is 4.07. The maximum Gasteiger partial charge on any atom is 0.261 e. The molecule has 3 rings (SSSR count). The van der Waals surface area contributed by atoms with Gasteiger partial charge in [-0.1, -0.05) is 56.2 Å². The number of aryl methyl sites for hydroxylation is 1. The van der Waals surface area contributed by atoms with E-state index in [0.717, 1.165) is 42.1 Å². The molecular formula is C26H33BrN2O3. The molecule has 6 heteroatoms. The van der Waals surface area contributed by atoms with Crippen LogP contribution >= 0.6 is 15.9 Å². The lowest BCUT2D eigenvalue weighted by atomic mass is 10.1. The van der Waals surface area contributed by atoms with E-state index in [-0.39, 0.29) is 24.5 Å². The minimum absolute atomic E-state index is 0.0909. The topological polar surface area (TPSA) is 58.6 Å². The molecule has 172 valence electrons. The molecule has 0 spiro atoms. The quantitative estimate of drug-likeness (QED) is 0.504. The Bertz CT molecular complexity index is 897. The highest BCUT2D eigenvalue weighted by atomic mass is 79.9. The molecule has 5 nitrogen and oxygen atoms in total. The van der Waals surface area contributed by atoms with Crippen LogP contribution in [0.5, 0.6) is 5.75 Å². The van der Waals surface area contributed by atoms with Crippen LogP contribution in [0.25, 0.3) is 0 Å². The second kappa shape index (κ2) is 12.0. The Morgan fingerprint density at radius 1 is 1.12 bits per heavy atom. The minimum Gasteiger partial charge on any atom is -0.483 e. The molecule has 2 aromatic carbocycles. The molecular weight excluding hydrogens is 468 g/mol. The van der Waals surface area contributed by atoms with Crippen LogP contribution < -0.4 is 10.1 Å². The number of carbonyl (C=O) groups excluding carboxylic acids is 2. The highest BCUT2D eigenvalue weighted by molar-refractivity contribution is 9.10. The van der Waals surface area contributed by atoms with Crippen LogP contribution in [-0.4, -0.2) is 41.9 Å². The third-order valence-corrected chi connectivity index (χ3v) is 6.73. The van der Waals surface area contributed by atoms with Crippen LogP contribution in [0.4, 0.5) is 0 Å². The van der Waals surface area contributed by atoms with Crippen molar-refractivity contribution in [3.8, 4) is 5.75 Å². The van der Waals surface area contributed by atoms with Gasteiger partial charge in [0.2, 0.25) is 5.91 Å². The third kappa shape index (κ3) is 6.83. The Morgan fingerprint density at radius 3 is 2.50 bits per heavy atom. The molecule has 0 radical (unpaired) electrons. The summed E-state index contributed by atoms with van der Waals surface area (Å²) in [6.45, 7) is 4.24. The van der Waals surface area contributed by atoms with Gasteiger partial charge in [-0.05, 0) is 71.8 Å². The van der Waals surface area contributed by atoms with Gasteiger partial charge in [0.15, 0.2) is 6.61 Å². The smallest absolute Gasteiger partial charge is 0.261 e. The number of ether oxygens (including phenoxy) is 1. The molecule has 32 heavy (non-hydrogen) atoms. The highest BCUT2D eigenvalue weighted by Gasteiger charge is 2.28. The van der Waals surface area contributed by atoms with Gasteiger partial charge in [-0.15, -0.1) is 0 Å². The molecule has 0 aromatic heterocycles. The zero-order chi connectivity index (χ0) is 22.9. The lowest BCUT2D eigenvalue weighted by molar-refractivity contribution is -0.141. The van der Waals surface area contributed by atoms with E-state index >= 15 is 0 Å². The van der Waals surface area contributed by atoms with Gasteiger partial charge in [-0.2, -0.15) is 0 Å². The molecule has 2 aromatic rings. The van der Waals surface area contributed by atoms with Crippen molar-refractivity contribution in [1.82, 2.24) is 10.2 Å². The van der Waals surface area contributed by atoms with Gasteiger partial charge in [0.25, 0.3) is 5.91 Å². The van der Waals surface area contributed by atoms with Gasteiger partial charge in [0.05, 0.1) is 4.47 Å². The average molecular weight is 501 g/mol. The van der Waals surface area contributed by atoms with Gasteiger partial charge in [0, 0.05) is 12.6 Å². The summed E-state index contributed by atoms with van der Waals surface area (Å²) in [5, 5.41) is 3.13. The van der Waals surface area contributed by atoms with Gasteiger partial charge in [0.1, 0.15) is 11.8 Å². The Kier molecular flexibility index (Phi) is 9.15. The standard InChI is InChI=1S/C26H33BrN2O3/c1-3-20-13-14-24(23(27)17-20)32-18-25(30)29(16-15-21-9-5-4-6-10-21)19(2)26(31)28-22-11-7-8-12-22/h4-6,9-10,13-14,17,19,22H,3,7-8,11-12,15-16,18H2,1-2H3,(H,28,31)/t19-/m0/s1. The summed E-state index contributed by atoms with van der Waals surface area (Å²) >= 11 is 3.52. The van der Waals surface area contributed by atoms with Crippen molar-refractivity contribution in [3.05, 3.63) is 64.1 Å². The third-order valence-electron chi connectivity index (χ3n) is 6.11. The Hall–Kier alpha value is -2.34. The van der Waals surface area contributed by atoms with E-state index in [1.165, 1.54) is 5.56 Å². The number of hydrogen-bond acceptors (Lipinski definition) is 3. The first-order valence-corrected chi connectivity index (χ1v) is 12.3. The molecule has 1 saturated carbocycles. The van der Waals surface area contributed by atoms with E-state index in [0.29, 0.717) is 18.7 Å². The fourth-order valence-corrected chi connectivity index (χ4v) is 4.61. The van der Waals surface area contributed by atoms with Crippen molar-refractivity contribution < 1.29 is 14.3 Å². The van der Waals surface area contributed by atoms with Gasteiger partial charge < -0.3 is 15.0 Å². The zero-order valence-electron chi connectivity index (χ0n) is 19.0. The van der Waals surface area contributed by atoms with E-state index in [9.17, 15) is 9.59 Å². The monoisotopic (exact) mass is 500 g/mol. The maximum absolute atomic E-state index is 13.2. The summed E-state index contributed by atoms with van der Waals surface area (Å²) in [6.07, 6.45) is 5.94. The Balaban J connectivity index is 1.66. The van der Waals surface area contributed by atoms with Crippen LogP contribution in [0.2, 0.25) is 0 Å². The number of hydrogen-bond donors (Lipinski definition) is 1. The molecule has 0 unspecified atom stereocenters. The van der Waals surface area contributed by atoms with E-state index in [2.05, 4.69) is 28.2 Å². The number of benzene rings is 2. The summed E-state index contributed by atoms with van der Waals surface area (Å²) in [7, 11) is 0. The predicted molar refractivity (Wildman–Crippen MR) is 131 cm³/mol. The number of nitrogens with zero attached hydrogens (tertiary/aromatic N) is 1. The minimum atomic E-state index is -0.554.